The van der Waals surface area contributed by atoms with Crippen LogP contribution >= 0.6 is 46.4 Å². The fourth-order valence-corrected chi connectivity index (χ4v) is 16.0. The van der Waals surface area contributed by atoms with E-state index in [2.05, 4.69) is 35.0 Å². The van der Waals surface area contributed by atoms with Gasteiger partial charge in [-0.15, -0.1) is 0 Å². The van der Waals surface area contributed by atoms with Gasteiger partial charge in [-0.3, -0.25) is 9.69 Å². The molecule has 21 heteroatoms. The highest BCUT2D eigenvalue weighted by molar-refractivity contribution is 7.91. The number of sulfone groups is 1. The van der Waals surface area contributed by atoms with E-state index < -0.39 is 19.9 Å². The normalized spacial score (nSPS) is 20.2. The summed E-state index contributed by atoms with van der Waals surface area (Å²) in [5.74, 6) is 0.226. The lowest BCUT2D eigenvalue weighted by Gasteiger charge is -2.34. The van der Waals surface area contributed by atoms with Crippen LogP contribution in [-0.4, -0.2) is 166 Å². The number of likely N-dealkylation sites (tertiary alicyclic amines) is 2. The fraction of sp³-hybridized carbons (Fsp3) is 0.559. The number of carbonyl (C=O) groups excluding carboxylic acids is 2. The molecule has 438 valence electrons. The quantitative estimate of drug-likeness (QED) is 0.0485. The molecule has 4 aliphatic heterocycles. The maximum absolute atomic E-state index is 13.8. The zero-order valence-corrected chi connectivity index (χ0v) is 51.3. The van der Waals surface area contributed by atoms with E-state index in [4.69, 9.17) is 55.9 Å². The average molecular weight is 1220 g/mol. The lowest BCUT2D eigenvalue weighted by Crippen LogP contribution is -2.38. The third-order valence-corrected chi connectivity index (χ3v) is 20.6. The molecule has 2 amide bonds. The molecule has 4 aromatic carbocycles. The summed E-state index contributed by atoms with van der Waals surface area (Å²) in [6.45, 7) is 13.8. The van der Waals surface area contributed by atoms with Gasteiger partial charge < -0.3 is 34.8 Å². The second-order valence-corrected chi connectivity index (χ2v) is 27.9. The number of hydrogen-bond acceptors (Lipinski definition) is 12. The first-order valence-corrected chi connectivity index (χ1v) is 32.8. The van der Waals surface area contributed by atoms with Crippen molar-refractivity contribution in [3.8, 4) is 0 Å². The van der Waals surface area contributed by atoms with Crippen molar-refractivity contribution in [3.63, 3.8) is 0 Å². The minimum Gasteiger partial charge on any atom is -0.380 e. The Morgan fingerprint density at radius 3 is 1.79 bits per heavy atom. The number of sulfonamides is 1. The minimum atomic E-state index is -3.78. The third kappa shape index (κ3) is 17.1. The van der Waals surface area contributed by atoms with Gasteiger partial charge in [0.1, 0.15) is 5.78 Å². The van der Waals surface area contributed by atoms with E-state index in [1.54, 1.807) is 30.3 Å². The molecule has 4 heterocycles. The monoisotopic (exact) mass is 1220 g/mol. The van der Waals surface area contributed by atoms with Gasteiger partial charge in [0.15, 0.2) is 9.84 Å². The van der Waals surface area contributed by atoms with Crippen molar-refractivity contribution in [2.45, 2.75) is 106 Å². The van der Waals surface area contributed by atoms with Crippen LogP contribution in [0.2, 0.25) is 20.1 Å². The number of ether oxygens (including phenoxy) is 2. The molecule has 2 saturated heterocycles. The molecular weight excluding hydrogens is 1140 g/mol. The van der Waals surface area contributed by atoms with E-state index in [-0.39, 0.29) is 46.3 Å². The molecule has 0 aromatic heterocycles. The number of halogens is 4. The first-order chi connectivity index (χ1) is 38.2. The zero-order valence-electron chi connectivity index (χ0n) is 46.6. The molecule has 0 spiro atoms. The van der Waals surface area contributed by atoms with Crippen molar-refractivity contribution < 1.29 is 35.9 Å². The summed E-state index contributed by atoms with van der Waals surface area (Å²) >= 11 is 26.1. The predicted octanol–water partition coefficient (Wildman–Crippen LogP) is 9.46. The number of benzene rings is 4. The number of hydrogen-bond donors (Lipinski definition) is 3. The molecule has 2 fully saturated rings. The number of nitrogens with one attached hydrogen (secondary N) is 3. The summed E-state index contributed by atoms with van der Waals surface area (Å²) in [6, 6.07) is 17.8. The van der Waals surface area contributed by atoms with Crippen LogP contribution in [0.15, 0.2) is 70.5 Å². The van der Waals surface area contributed by atoms with Crippen molar-refractivity contribution >= 4 is 78.1 Å². The molecule has 0 saturated carbocycles. The summed E-state index contributed by atoms with van der Waals surface area (Å²) in [5, 5.41) is 8.07. The van der Waals surface area contributed by atoms with Gasteiger partial charge >= 0.3 is 6.03 Å². The van der Waals surface area contributed by atoms with Crippen LogP contribution in [0.4, 0.5) is 4.79 Å². The van der Waals surface area contributed by atoms with Crippen LogP contribution in [0.5, 0.6) is 0 Å². The van der Waals surface area contributed by atoms with Crippen LogP contribution in [0.1, 0.15) is 108 Å². The van der Waals surface area contributed by atoms with Gasteiger partial charge in [0.05, 0.1) is 35.4 Å². The second-order valence-electron chi connectivity index (χ2n) is 22.5. The van der Waals surface area contributed by atoms with Crippen LogP contribution in [0.25, 0.3) is 0 Å². The lowest BCUT2D eigenvalue weighted by molar-refractivity contribution is -0.119. The van der Waals surface area contributed by atoms with E-state index in [9.17, 15) is 26.4 Å². The van der Waals surface area contributed by atoms with Gasteiger partial charge in [-0.25, -0.2) is 26.4 Å². The van der Waals surface area contributed by atoms with E-state index in [0.29, 0.717) is 129 Å². The molecule has 8 rings (SSSR count). The van der Waals surface area contributed by atoms with Crippen molar-refractivity contribution in [3.05, 3.63) is 125 Å². The number of carbonyl (C=O) groups is 2. The predicted molar refractivity (Wildman–Crippen MR) is 319 cm³/mol. The standard InChI is InChI=1S/C59H79Cl4N7O8S2/c1-40-11-13-47(31-49(40)53-35-67(3)37-55-51(53)27-43(60)29-57(55)62)79(73,74)39-42-15-19-69(33-42)21-25-77-23-8-10-46(71)9-6-5-7-17-64-59(72)65-18-24-78-26-22-70-20-16-45(34-70)66-80(75,76)48-14-12-41(2)50(32-48)54-36-68(4)38-56-52(54)28-44(61)30-58(56)63/h11-14,27-32,42,45,53-54,66H,5-10,15-26,33-39H2,1-4H3,(H2,64,65,72)/t42-,45-,53?,54?/m1/s1. The SMILES string of the molecule is Cc1ccc(S(=O)(=O)C[C@@H]2CCN(CCOCCCC(=O)CCCCCNC(=O)NCCOCCN3CC[C@@H](NS(=O)(=O)c4ccc(C)c(C5CN(C)Cc6c(Cl)cc(Cl)cc65)c4)C3)C2)cc1C1CN(C)Cc2c(Cl)cc(Cl)cc21. The van der Waals surface area contributed by atoms with E-state index in [1.165, 1.54) is 0 Å². The number of aryl methyl sites for hydroxylation is 2. The molecule has 4 atom stereocenters. The summed E-state index contributed by atoms with van der Waals surface area (Å²) in [4.78, 5) is 34.3. The Morgan fingerprint density at radius 1 is 0.600 bits per heavy atom. The zero-order chi connectivity index (χ0) is 57.1. The molecule has 0 aliphatic carbocycles. The molecular formula is C59H79Cl4N7O8S2. The smallest absolute Gasteiger partial charge is 0.314 e. The number of nitrogens with zero attached hydrogens (tertiary/aromatic N) is 4. The number of ketones is 1. The number of Topliss-reactive ketones (excluding diaryl/α,β-unsaturated/α-hetero) is 1. The minimum absolute atomic E-state index is 0.0376. The number of rotatable bonds is 27. The highest BCUT2D eigenvalue weighted by Gasteiger charge is 2.34. The molecule has 0 radical (unpaired) electrons. The van der Waals surface area contributed by atoms with Crippen molar-refractivity contribution in [2.24, 2.45) is 5.92 Å². The Kier molecular flexibility index (Phi) is 22.7. The highest BCUT2D eigenvalue weighted by Crippen LogP contribution is 2.42. The first-order valence-electron chi connectivity index (χ1n) is 28.2. The van der Waals surface area contributed by atoms with E-state index >= 15 is 0 Å². The van der Waals surface area contributed by atoms with Gasteiger partial charge in [-0.2, -0.15) is 0 Å². The number of unbranched alkanes of at least 4 members (excludes halogenated alkanes) is 2. The number of likely N-dealkylation sites (N-methyl/N-ethyl adjacent to an activating group) is 2. The Bertz CT molecular complexity index is 2840. The summed E-state index contributed by atoms with van der Waals surface area (Å²) in [7, 11) is -3.23. The number of fused-ring (bicyclic) bond motifs is 2. The molecule has 3 N–H and O–H groups in total. The highest BCUT2D eigenvalue weighted by atomic mass is 35.5. The first kappa shape index (κ1) is 62.6. The molecule has 80 heavy (non-hydrogen) atoms. The van der Waals surface area contributed by atoms with Crippen molar-refractivity contribution in [1.82, 2.24) is 35.0 Å². The summed E-state index contributed by atoms with van der Waals surface area (Å²) in [5.41, 5.74) is 8.09. The van der Waals surface area contributed by atoms with Gasteiger partial charge in [-0.05, 0) is 172 Å². The maximum atomic E-state index is 13.8. The summed E-state index contributed by atoms with van der Waals surface area (Å²) < 4.78 is 69.6. The molecule has 0 bridgehead atoms. The van der Waals surface area contributed by atoms with Gasteiger partial charge in [0.2, 0.25) is 10.0 Å². The van der Waals surface area contributed by atoms with Gasteiger partial charge in [0.25, 0.3) is 0 Å². The molecule has 15 nitrogen and oxygen atoms in total. The largest absolute Gasteiger partial charge is 0.380 e. The molecule has 2 unspecified atom stereocenters. The average Bonchev–Trinajstić information content (AvgIpc) is 4.10. The van der Waals surface area contributed by atoms with Gasteiger partial charge in [-0.1, -0.05) is 65.0 Å². The van der Waals surface area contributed by atoms with Crippen LogP contribution < -0.4 is 15.4 Å². The Hall–Kier alpha value is -3.40. The third-order valence-electron chi connectivity index (χ3n) is 16.1. The Balaban J connectivity index is 0.619. The van der Waals surface area contributed by atoms with Crippen LogP contribution in [-0.2, 0) is 47.2 Å². The van der Waals surface area contributed by atoms with Crippen molar-refractivity contribution in [1.29, 1.82) is 0 Å². The molecule has 4 aliphatic rings. The van der Waals surface area contributed by atoms with Crippen molar-refractivity contribution in [2.75, 3.05) is 112 Å². The lowest BCUT2D eigenvalue weighted by atomic mass is 9.83. The maximum Gasteiger partial charge on any atom is 0.314 e. The second kappa shape index (κ2) is 28.9. The van der Waals surface area contributed by atoms with Crippen LogP contribution in [0, 0.1) is 19.8 Å². The Labute approximate surface area is 494 Å². The topological polar surface area (TPSA) is 170 Å². The van der Waals surface area contributed by atoms with Crippen LogP contribution in [0.3, 0.4) is 0 Å². The Morgan fingerprint density at radius 2 is 1.15 bits per heavy atom. The molecule has 4 aromatic rings. The van der Waals surface area contributed by atoms with Gasteiger partial charge in [0, 0.05) is 123 Å². The number of amides is 2. The summed E-state index contributed by atoms with van der Waals surface area (Å²) in [6.07, 6.45) is 5.51. The number of urea groups is 1. The fourth-order valence-electron chi connectivity index (χ4n) is 11.9. The van der Waals surface area contributed by atoms with E-state index in [1.807, 2.05) is 58.3 Å². The van der Waals surface area contributed by atoms with E-state index in [0.717, 1.165) is 96.4 Å².